The Labute approximate surface area is 191 Å². The molecule has 1 amide bonds. The van der Waals surface area contributed by atoms with E-state index in [9.17, 15) is 4.79 Å². The molecule has 176 valence electrons. The summed E-state index contributed by atoms with van der Waals surface area (Å²) in [6.45, 7) is 18.3. The molecule has 2 atom stereocenters. The molecule has 2 rings (SSSR count). The molecule has 1 aromatic carbocycles. The number of benzene rings is 1. The third-order valence-electron chi connectivity index (χ3n) is 6.34. The Morgan fingerprint density at radius 3 is 2.32 bits per heavy atom. The van der Waals surface area contributed by atoms with Crippen LogP contribution in [0.3, 0.4) is 0 Å². The highest BCUT2D eigenvalue weighted by molar-refractivity contribution is 5.82. The van der Waals surface area contributed by atoms with Crippen molar-refractivity contribution in [1.82, 2.24) is 4.90 Å². The zero-order valence-electron chi connectivity index (χ0n) is 21.2. The molecule has 0 saturated carbocycles. The van der Waals surface area contributed by atoms with E-state index in [1.54, 1.807) is 0 Å². The Morgan fingerprint density at radius 1 is 1.13 bits per heavy atom. The highest BCUT2D eigenvalue weighted by atomic mass is 16.2. The Bertz CT molecular complexity index is 675. The molecule has 2 N–H and O–H groups in total. The Balaban J connectivity index is 2.07. The average molecular weight is 430 g/mol. The van der Waals surface area contributed by atoms with Gasteiger partial charge in [0, 0.05) is 31.4 Å². The van der Waals surface area contributed by atoms with Gasteiger partial charge in [-0.1, -0.05) is 60.6 Å². The second-order valence-corrected chi connectivity index (χ2v) is 11.6. The van der Waals surface area contributed by atoms with Gasteiger partial charge in [-0.2, -0.15) is 0 Å². The van der Waals surface area contributed by atoms with Crippen molar-refractivity contribution >= 4 is 11.6 Å². The van der Waals surface area contributed by atoms with E-state index in [0.717, 1.165) is 45.3 Å². The molecule has 1 heterocycles. The lowest BCUT2D eigenvalue weighted by Crippen LogP contribution is -2.45. The Morgan fingerprint density at radius 2 is 1.77 bits per heavy atom. The molecule has 1 aromatic rings. The number of carbonyl (C=O) groups is 1. The molecular weight excluding hydrogens is 382 g/mol. The first-order valence-electron chi connectivity index (χ1n) is 12.4. The number of carbonyl (C=O) groups excluding carboxylic acids is 1. The van der Waals surface area contributed by atoms with Gasteiger partial charge in [0.15, 0.2) is 0 Å². The molecule has 31 heavy (non-hydrogen) atoms. The van der Waals surface area contributed by atoms with Gasteiger partial charge in [0.05, 0.1) is 6.04 Å². The van der Waals surface area contributed by atoms with Crippen molar-refractivity contribution in [3.05, 3.63) is 29.8 Å². The summed E-state index contributed by atoms with van der Waals surface area (Å²) in [6.07, 6.45) is 5.25. The van der Waals surface area contributed by atoms with E-state index >= 15 is 0 Å². The number of aryl methyl sites for hydroxylation is 1. The molecule has 0 bridgehead atoms. The molecule has 0 aromatic heterocycles. The standard InChI is InChI=1S/C27H47N3O/c1-20(2)13-17-30(23-10-8-22(9-11-23)12-15-27(5,6)7)24-14-16-29(19-24)26(31)25(28)18-21(3)4/h8-11,20-21,24-25H,12-19,28H2,1-7H3. The fourth-order valence-electron chi connectivity index (χ4n) is 4.33. The molecular formula is C27H47N3O. The highest BCUT2D eigenvalue weighted by Gasteiger charge is 2.32. The lowest BCUT2D eigenvalue weighted by atomic mass is 9.89. The maximum absolute atomic E-state index is 12.8. The van der Waals surface area contributed by atoms with E-state index in [4.69, 9.17) is 5.73 Å². The lowest BCUT2D eigenvalue weighted by Gasteiger charge is -2.32. The number of nitrogens with two attached hydrogens (primary N) is 1. The minimum absolute atomic E-state index is 0.123. The summed E-state index contributed by atoms with van der Waals surface area (Å²) in [7, 11) is 0. The summed E-state index contributed by atoms with van der Waals surface area (Å²) in [5, 5.41) is 0. The van der Waals surface area contributed by atoms with Gasteiger partial charge in [0.25, 0.3) is 0 Å². The van der Waals surface area contributed by atoms with Crippen molar-refractivity contribution in [3.8, 4) is 0 Å². The second kappa shape index (κ2) is 11.4. The molecule has 1 fully saturated rings. The highest BCUT2D eigenvalue weighted by Crippen LogP contribution is 2.27. The number of rotatable bonds is 10. The fourth-order valence-corrected chi connectivity index (χ4v) is 4.33. The minimum atomic E-state index is -0.370. The smallest absolute Gasteiger partial charge is 0.239 e. The summed E-state index contributed by atoms with van der Waals surface area (Å²) in [4.78, 5) is 17.4. The van der Waals surface area contributed by atoms with Crippen LogP contribution >= 0.6 is 0 Å². The zero-order chi connectivity index (χ0) is 23.2. The summed E-state index contributed by atoms with van der Waals surface area (Å²) >= 11 is 0. The minimum Gasteiger partial charge on any atom is -0.367 e. The summed E-state index contributed by atoms with van der Waals surface area (Å²) in [6, 6.07) is 9.15. The van der Waals surface area contributed by atoms with E-state index in [2.05, 4.69) is 77.6 Å². The van der Waals surface area contributed by atoms with Gasteiger partial charge in [0.1, 0.15) is 0 Å². The van der Waals surface area contributed by atoms with E-state index in [1.807, 2.05) is 4.90 Å². The summed E-state index contributed by atoms with van der Waals surface area (Å²) in [5.41, 5.74) is 9.25. The molecule has 4 nitrogen and oxygen atoms in total. The van der Waals surface area contributed by atoms with E-state index < -0.39 is 0 Å². The monoisotopic (exact) mass is 429 g/mol. The largest absolute Gasteiger partial charge is 0.367 e. The normalized spacial score (nSPS) is 18.1. The van der Waals surface area contributed by atoms with Crippen LogP contribution in [0.25, 0.3) is 0 Å². The van der Waals surface area contributed by atoms with Gasteiger partial charge in [-0.3, -0.25) is 4.79 Å². The number of hydrogen-bond donors (Lipinski definition) is 1. The summed E-state index contributed by atoms with van der Waals surface area (Å²) < 4.78 is 0. The maximum atomic E-state index is 12.8. The fraction of sp³-hybridized carbons (Fsp3) is 0.741. The number of nitrogens with zero attached hydrogens (tertiary/aromatic N) is 2. The predicted octanol–water partition coefficient (Wildman–Crippen LogP) is 5.49. The third-order valence-corrected chi connectivity index (χ3v) is 6.34. The maximum Gasteiger partial charge on any atom is 0.239 e. The van der Waals surface area contributed by atoms with Crippen molar-refractivity contribution in [2.24, 2.45) is 23.0 Å². The number of hydrogen-bond acceptors (Lipinski definition) is 3. The molecule has 0 aliphatic carbocycles. The van der Waals surface area contributed by atoms with Crippen molar-refractivity contribution in [3.63, 3.8) is 0 Å². The van der Waals surface area contributed by atoms with Gasteiger partial charge in [-0.25, -0.2) is 0 Å². The Kier molecular flexibility index (Phi) is 9.42. The molecule has 2 unspecified atom stereocenters. The zero-order valence-corrected chi connectivity index (χ0v) is 21.2. The van der Waals surface area contributed by atoms with Crippen LogP contribution in [0, 0.1) is 17.3 Å². The van der Waals surface area contributed by atoms with E-state index in [1.165, 1.54) is 17.7 Å². The number of anilines is 1. The van der Waals surface area contributed by atoms with Crippen molar-refractivity contribution in [1.29, 1.82) is 0 Å². The van der Waals surface area contributed by atoms with Crippen molar-refractivity contribution < 1.29 is 4.79 Å². The van der Waals surface area contributed by atoms with Crippen molar-refractivity contribution in [2.45, 2.75) is 92.7 Å². The molecule has 1 aliphatic heterocycles. The molecule has 1 saturated heterocycles. The SMILES string of the molecule is CC(C)CCN(c1ccc(CCC(C)(C)C)cc1)C1CCN(C(=O)C(N)CC(C)C)C1. The topological polar surface area (TPSA) is 49.6 Å². The predicted molar refractivity (Wildman–Crippen MR) is 133 cm³/mol. The van der Waals surface area contributed by atoms with Crippen LogP contribution in [-0.2, 0) is 11.2 Å². The molecule has 1 aliphatic rings. The van der Waals surface area contributed by atoms with E-state index in [-0.39, 0.29) is 11.9 Å². The van der Waals surface area contributed by atoms with Crippen LogP contribution in [0.15, 0.2) is 24.3 Å². The first kappa shape index (κ1) is 25.7. The van der Waals surface area contributed by atoms with Gasteiger partial charge in [-0.15, -0.1) is 0 Å². The van der Waals surface area contributed by atoms with Crippen LogP contribution in [0.2, 0.25) is 0 Å². The quantitative estimate of drug-likeness (QED) is 0.535. The van der Waals surface area contributed by atoms with Gasteiger partial charge >= 0.3 is 0 Å². The van der Waals surface area contributed by atoms with Crippen molar-refractivity contribution in [2.75, 3.05) is 24.5 Å². The number of likely N-dealkylation sites (tertiary alicyclic amines) is 1. The van der Waals surface area contributed by atoms with Gasteiger partial charge < -0.3 is 15.5 Å². The average Bonchev–Trinajstić information content (AvgIpc) is 3.15. The second-order valence-electron chi connectivity index (χ2n) is 11.6. The van der Waals surface area contributed by atoms with E-state index in [0.29, 0.717) is 23.3 Å². The first-order valence-corrected chi connectivity index (χ1v) is 12.4. The van der Waals surface area contributed by atoms with Gasteiger partial charge in [0.2, 0.25) is 5.91 Å². The van der Waals surface area contributed by atoms with Crippen LogP contribution in [0.4, 0.5) is 5.69 Å². The van der Waals surface area contributed by atoms with Crippen LogP contribution in [0.1, 0.15) is 79.7 Å². The Hall–Kier alpha value is -1.55. The molecule has 0 radical (unpaired) electrons. The lowest BCUT2D eigenvalue weighted by molar-refractivity contribution is -0.131. The molecule has 0 spiro atoms. The first-order chi connectivity index (χ1) is 14.5. The van der Waals surface area contributed by atoms with Crippen LogP contribution < -0.4 is 10.6 Å². The summed E-state index contributed by atoms with van der Waals surface area (Å²) in [5.74, 6) is 1.22. The van der Waals surface area contributed by atoms with Gasteiger partial charge in [-0.05, 0) is 67.1 Å². The van der Waals surface area contributed by atoms with Crippen LogP contribution in [-0.4, -0.2) is 42.5 Å². The number of amides is 1. The third kappa shape index (κ3) is 8.48. The van der Waals surface area contributed by atoms with Crippen LogP contribution in [0.5, 0.6) is 0 Å². The molecule has 4 heteroatoms.